The molecule has 10 heteroatoms. The smallest absolute Gasteiger partial charge is 0.310 e. The van der Waals surface area contributed by atoms with E-state index in [4.69, 9.17) is 14.5 Å². The number of aryl methyl sites for hydroxylation is 1. The second-order valence-electron chi connectivity index (χ2n) is 10.4. The van der Waals surface area contributed by atoms with E-state index in [-0.39, 0.29) is 25.4 Å². The van der Waals surface area contributed by atoms with Crippen molar-refractivity contribution < 1.29 is 24.2 Å². The number of imidazole rings is 1. The number of aromatic nitrogens is 4. The predicted molar refractivity (Wildman–Crippen MR) is 141 cm³/mol. The standard InChI is InChI=1S/C28H31N5O5/c1-31-24-21(30-26(31)22-11-17-5-4-8-29-25(17)33(22)13-16-6-7-16)10-18(12-23(24)37-2)27(35)32-14-19(28(36)38-3)9-20(34)15-32/h4-5,8,10-12,16,19-20,34H,6-7,9,13-15H2,1-3H3. The number of methoxy groups -OCH3 is 2. The van der Waals surface area contributed by atoms with Crippen LogP contribution in [0.3, 0.4) is 0 Å². The highest BCUT2D eigenvalue weighted by Crippen LogP contribution is 2.37. The summed E-state index contributed by atoms with van der Waals surface area (Å²) in [6.07, 6.45) is 3.72. The molecule has 198 valence electrons. The second kappa shape index (κ2) is 9.43. The van der Waals surface area contributed by atoms with Crippen LogP contribution in [0.5, 0.6) is 5.75 Å². The van der Waals surface area contributed by atoms with E-state index in [1.54, 1.807) is 19.2 Å². The molecule has 0 radical (unpaired) electrons. The molecule has 3 aromatic heterocycles. The largest absolute Gasteiger partial charge is 0.494 e. The monoisotopic (exact) mass is 517 g/mol. The highest BCUT2D eigenvalue weighted by Gasteiger charge is 2.34. The van der Waals surface area contributed by atoms with Crippen molar-refractivity contribution in [3.05, 3.63) is 42.1 Å². The number of nitrogens with zero attached hydrogens (tertiary/aromatic N) is 5. The number of amides is 1. The molecule has 1 amide bonds. The van der Waals surface area contributed by atoms with E-state index in [2.05, 4.69) is 21.7 Å². The first-order valence-electron chi connectivity index (χ1n) is 12.9. The van der Waals surface area contributed by atoms with Crippen molar-refractivity contribution in [3.8, 4) is 17.3 Å². The van der Waals surface area contributed by atoms with Gasteiger partial charge in [0.15, 0.2) is 5.82 Å². The molecule has 2 fully saturated rings. The Hall–Kier alpha value is -3.92. The molecule has 0 bridgehead atoms. The van der Waals surface area contributed by atoms with Gasteiger partial charge in [-0.3, -0.25) is 9.59 Å². The van der Waals surface area contributed by atoms with Crippen LogP contribution < -0.4 is 4.74 Å². The fourth-order valence-corrected chi connectivity index (χ4v) is 5.59. The molecule has 1 aromatic carbocycles. The van der Waals surface area contributed by atoms with Gasteiger partial charge < -0.3 is 28.6 Å². The zero-order valence-electron chi connectivity index (χ0n) is 21.8. The number of piperidine rings is 1. The van der Waals surface area contributed by atoms with Crippen molar-refractivity contribution in [2.75, 3.05) is 27.3 Å². The van der Waals surface area contributed by atoms with Crippen molar-refractivity contribution in [1.29, 1.82) is 0 Å². The number of aliphatic hydroxyl groups excluding tert-OH is 1. The molecule has 0 spiro atoms. The normalized spacial score (nSPS) is 19.7. The number of ether oxygens (including phenoxy) is 2. The number of hydrogen-bond acceptors (Lipinski definition) is 7. The number of benzene rings is 1. The van der Waals surface area contributed by atoms with Crippen LogP contribution in [0.15, 0.2) is 36.5 Å². The van der Waals surface area contributed by atoms with Gasteiger partial charge in [-0.15, -0.1) is 0 Å². The maximum absolute atomic E-state index is 13.5. The van der Waals surface area contributed by atoms with E-state index < -0.39 is 18.0 Å². The maximum Gasteiger partial charge on any atom is 0.310 e. The Labute approximate surface area is 219 Å². The zero-order valence-corrected chi connectivity index (χ0v) is 21.8. The number of rotatable bonds is 6. The van der Waals surface area contributed by atoms with Crippen molar-refractivity contribution in [3.63, 3.8) is 0 Å². The first kappa shape index (κ1) is 24.4. The predicted octanol–water partition coefficient (Wildman–Crippen LogP) is 3.00. The van der Waals surface area contributed by atoms with Gasteiger partial charge in [-0.2, -0.15) is 0 Å². The lowest BCUT2D eigenvalue weighted by atomic mass is 9.95. The number of likely N-dealkylation sites (tertiary alicyclic amines) is 1. The van der Waals surface area contributed by atoms with Gasteiger partial charge in [0.2, 0.25) is 0 Å². The van der Waals surface area contributed by atoms with E-state index in [1.165, 1.54) is 24.9 Å². The first-order chi connectivity index (χ1) is 18.4. The fourth-order valence-electron chi connectivity index (χ4n) is 5.59. The topological polar surface area (TPSA) is 112 Å². The van der Waals surface area contributed by atoms with Gasteiger partial charge >= 0.3 is 5.97 Å². The zero-order chi connectivity index (χ0) is 26.6. The minimum absolute atomic E-state index is 0.147. The third-order valence-electron chi connectivity index (χ3n) is 7.67. The van der Waals surface area contributed by atoms with Crippen LogP contribution in [-0.2, 0) is 23.1 Å². The molecule has 2 atom stereocenters. The molecule has 38 heavy (non-hydrogen) atoms. The third-order valence-corrected chi connectivity index (χ3v) is 7.67. The lowest BCUT2D eigenvalue weighted by molar-refractivity contribution is -0.148. The van der Waals surface area contributed by atoms with Crippen molar-refractivity contribution in [1.82, 2.24) is 24.0 Å². The number of fused-ring (bicyclic) bond motifs is 2. The Morgan fingerprint density at radius 2 is 1.97 bits per heavy atom. The minimum atomic E-state index is -0.800. The van der Waals surface area contributed by atoms with Gasteiger partial charge in [0.25, 0.3) is 5.91 Å². The number of carbonyl (C=O) groups is 2. The van der Waals surface area contributed by atoms with Crippen molar-refractivity contribution in [2.45, 2.75) is 31.9 Å². The summed E-state index contributed by atoms with van der Waals surface area (Å²) in [4.78, 5) is 36.8. The van der Waals surface area contributed by atoms with Crippen LogP contribution in [0.4, 0.5) is 0 Å². The highest BCUT2D eigenvalue weighted by atomic mass is 16.5. The van der Waals surface area contributed by atoms with Gasteiger partial charge in [0.1, 0.15) is 16.9 Å². The van der Waals surface area contributed by atoms with Crippen LogP contribution in [0, 0.1) is 11.8 Å². The first-order valence-corrected chi connectivity index (χ1v) is 12.9. The van der Waals surface area contributed by atoms with Crippen LogP contribution in [0.25, 0.3) is 33.6 Å². The van der Waals surface area contributed by atoms with Crippen molar-refractivity contribution >= 4 is 33.9 Å². The summed E-state index contributed by atoms with van der Waals surface area (Å²) in [5.74, 6) is 0.644. The van der Waals surface area contributed by atoms with E-state index in [1.807, 2.05) is 23.9 Å². The maximum atomic E-state index is 13.5. The van der Waals surface area contributed by atoms with E-state index in [9.17, 15) is 14.7 Å². The highest BCUT2D eigenvalue weighted by molar-refractivity contribution is 6.00. The SMILES string of the molecule is COC(=O)C1CC(O)CN(C(=O)c2cc(OC)c3c(c2)nc(-c2cc4cccnc4n2CC2CC2)n3C)C1. The van der Waals surface area contributed by atoms with Crippen LogP contribution in [0.2, 0.25) is 0 Å². The van der Waals surface area contributed by atoms with E-state index in [0.29, 0.717) is 22.7 Å². The summed E-state index contributed by atoms with van der Waals surface area (Å²) < 4.78 is 14.8. The average Bonchev–Trinajstić information content (AvgIpc) is 3.60. The molecule has 2 aliphatic rings. The molecule has 10 nitrogen and oxygen atoms in total. The van der Waals surface area contributed by atoms with Crippen LogP contribution in [0.1, 0.15) is 29.6 Å². The molecule has 1 aliphatic heterocycles. The molecule has 4 aromatic rings. The van der Waals surface area contributed by atoms with Gasteiger partial charge in [-0.25, -0.2) is 9.97 Å². The molecule has 4 heterocycles. The number of pyridine rings is 1. The number of esters is 1. The van der Waals surface area contributed by atoms with Gasteiger partial charge in [0.05, 0.1) is 37.5 Å². The summed E-state index contributed by atoms with van der Waals surface area (Å²) in [7, 11) is 4.83. The van der Waals surface area contributed by atoms with Crippen molar-refractivity contribution in [2.24, 2.45) is 18.9 Å². The molecule has 6 rings (SSSR count). The number of β-amino-alcohol motifs (C(OH)–C–C–N with tert-alkyl or cyclic N) is 1. The minimum Gasteiger partial charge on any atom is -0.494 e. The van der Waals surface area contributed by atoms with Gasteiger partial charge in [0, 0.05) is 43.8 Å². The second-order valence-corrected chi connectivity index (χ2v) is 10.4. The van der Waals surface area contributed by atoms with E-state index in [0.717, 1.165) is 34.6 Å². The summed E-state index contributed by atoms with van der Waals surface area (Å²) in [5.41, 5.74) is 3.70. The Morgan fingerprint density at radius 3 is 2.71 bits per heavy atom. The number of carbonyl (C=O) groups excluding carboxylic acids is 2. The summed E-state index contributed by atoms with van der Waals surface area (Å²) in [5, 5.41) is 11.4. The van der Waals surface area contributed by atoms with Crippen LogP contribution in [-0.4, -0.2) is 74.4 Å². The molecule has 2 unspecified atom stereocenters. The third kappa shape index (κ3) is 4.18. The summed E-state index contributed by atoms with van der Waals surface area (Å²) >= 11 is 0. The Bertz CT molecular complexity index is 1550. The Balaban J connectivity index is 1.42. The lowest BCUT2D eigenvalue weighted by Gasteiger charge is -2.34. The Kier molecular flexibility index (Phi) is 6.06. The Morgan fingerprint density at radius 1 is 1.16 bits per heavy atom. The molecular weight excluding hydrogens is 486 g/mol. The number of aliphatic hydroxyl groups is 1. The molecule has 1 N–H and O–H groups in total. The van der Waals surface area contributed by atoms with E-state index >= 15 is 0 Å². The quantitative estimate of drug-likeness (QED) is 0.391. The molecular formula is C28H31N5O5. The molecule has 1 saturated heterocycles. The van der Waals surface area contributed by atoms with Gasteiger partial charge in [-0.05, 0) is 55.5 Å². The number of hydrogen-bond donors (Lipinski definition) is 1. The average molecular weight is 518 g/mol. The summed E-state index contributed by atoms with van der Waals surface area (Å²) in [6, 6.07) is 9.57. The lowest BCUT2D eigenvalue weighted by Crippen LogP contribution is -2.48. The molecule has 1 saturated carbocycles. The fraction of sp³-hybridized carbons (Fsp3) is 0.429. The van der Waals surface area contributed by atoms with Gasteiger partial charge in [-0.1, -0.05) is 0 Å². The molecule has 1 aliphatic carbocycles. The van der Waals surface area contributed by atoms with Crippen LogP contribution >= 0.6 is 0 Å². The summed E-state index contributed by atoms with van der Waals surface area (Å²) in [6.45, 7) is 1.22.